The van der Waals surface area contributed by atoms with Crippen LogP contribution in [0.15, 0.2) is 164 Å². The summed E-state index contributed by atoms with van der Waals surface area (Å²) in [6.07, 6.45) is 3.61. The summed E-state index contributed by atoms with van der Waals surface area (Å²) in [5, 5.41) is 5.14. The van der Waals surface area contributed by atoms with E-state index in [4.69, 9.17) is 0 Å². The third-order valence-electron chi connectivity index (χ3n) is 9.12. The molecule has 0 aliphatic rings. The number of hydrogen-bond donors (Lipinski definition) is 0. The average molecular weight is 593 g/mol. The number of rotatable bonds is 8. The molecule has 2 heteroatoms. The molecular weight excluding hydrogens is 556 g/mol. The Hall–Kier alpha value is -5.60. The van der Waals surface area contributed by atoms with Gasteiger partial charge in [0.15, 0.2) is 0 Å². The molecule has 0 saturated heterocycles. The normalized spacial score (nSPS) is 11.4. The largest absolute Gasteiger partial charge is 0.310 e. The number of unbranched alkanes of at least 4 members (excludes halogenated alkanes) is 1. The van der Waals surface area contributed by atoms with E-state index in [2.05, 4.69) is 180 Å². The van der Waals surface area contributed by atoms with Crippen LogP contribution in [0.3, 0.4) is 0 Å². The number of fused-ring (bicyclic) bond motifs is 4. The average Bonchev–Trinajstić information content (AvgIpc) is 3.46. The van der Waals surface area contributed by atoms with Crippen LogP contribution >= 0.6 is 0 Å². The molecule has 1 aromatic heterocycles. The lowest BCUT2D eigenvalue weighted by molar-refractivity contribution is 0.796. The maximum atomic E-state index is 2.38. The molecule has 8 rings (SSSR count). The molecular formula is C44H36N2. The smallest absolute Gasteiger partial charge is 0.0541 e. The molecule has 0 aliphatic heterocycles. The van der Waals surface area contributed by atoms with Gasteiger partial charge in [-0.3, -0.25) is 0 Å². The van der Waals surface area contributed by atoms with Crippen molar-refractivity contribution >= 4 is 49.6 Å². The lowest BCUT2D eigenvalue weighted by Crippen LogP contribution is -2.10. The Balaban J connectivity index is 1.18. The zero-order chi connectivity index (χ0) is 30.9. The van der Waals surface area contributed by atoms with Gasteiger partial charge in [0.25, 0.3) is 0 Å². The Bertz CT molecular complexity index is 2240. The topological polar surface area (TPSA) is 8.17 Å². The predicted octanol–water partition coefficient (Wildman–Crippen LogP) is 12.4. The van der Waals surface area contributed by atoms with E-state index in [1.165, 1.54) is 62.1 Å². The van der Waals surface area contributed by atoms with Crippen molar-refractivity contribution in [1.29, 1.82) is 0 Å². The van der Waals surface area contributed by atoms with E-state index in [0.717, 1.165) is 29.2 Å². The monoisotopic (exact) mass is 592 g/mol. The molecule has 0 unspecified atom stereocenters. The maximum absolute atomic E-state index is 2.38. The molecule has 0 N–H and O–H groups in total. The van der Waals surface area contributed by atoms with Gasteiger partial charge in [-0.1, -0.05) is 116 Å². The van der Waals surface area contributed by atoms with Crippen molar-refractivity contribution in [3.8, 4) is 16.8 Å². The molecule has 7 aromatic carbocycles. The molecule has 0 bridgehead atoms. The highest BCUT2D eigenvalue weighted by Gasteiger charge is 2.16. The van der Waals surface area contributed by atoms with Crippen LogP contribution in [0.25, 0.3) is 49.4 Å². The van der Waals surface area contributed by atoms with Gasteiger partial charge in [-0.05, 0) is 101 Å². The molecule has 8 aromatic rings. The number of hydrogen-bond acceptors (Lipinski definition) is 1. The van der Waals surface area contributed by atoms with Crippen LogP contribution in [0.2, 0.25) is 0 Å². The number of aromatic nitrogens is 1. The van der Waals surface area contributed by atoms with Gasteiger partial charge in [-0.15, -0.1) is 0 Å². The molecule has 0 spiro atoms. The number of anilines is 3. The summed E-state index contributed by atoms with van der Waals surface area (Å²) in [7, 11) is 0. The van der Waals surface area contributed by atoms with Gasteiger partial charge in [0.05, 0.1) is 11.0 Å². The van der Waals surface area contributed by atoms with Gasteiger partial charge in [0.1, 0.15) is 0 Å². The Morgan fingerprint density at radius 1 is 0.478 bits per heavy atom. The van der Waals surface area contributed by atoms with Gasteiger partial charge in [0, 0.05) is 33.5 Å². The number of nitrogens with zero attached hydrogens (tertiary/aromatic N) is 2. The Kier molecular flexibility index (Phi) is 7.32. The summed E-state index contributed by atoms with van der Waals surface area (Å²) in [5.41, 5.74) is 10.8. The zero-order valence-corrected chi connectivity index (χ0v) is 26.1. The highest BCUT2D eigenvalue weighted by Crippen LogP contribution is 2.38. The highest BCUT2D eigenvalue weighted by molar-refractivity contribution is 6.09. The summed E-state index contributed by atoms with van der Waals surface area (Å²) >= 11 is 0. The van der Waals surface area contributed by atoms with Gasteiger partial charge >= 0.3 is 0 Å². The first-order valence-corrected chi connectivity index (χ1v) is 16.3. The third-order valence-corrected chi connectivity index (χ3v) is 9.12. The fraction of sp³-hybridized carbons (Fsp3) is 0.0909. The summed E-state index contributed by atoms with van der Waals surface area (Å²) in [4.78, 5) is 2.35. The van der Waals surface area contributed by atoms with Crippen LogP contribution in [0.5, 0.6) is 0 Å². The molecule has 46 heavy (non-hydrogen) atoms. The minimum atomic E-state index is 1.11. The summed E-state index contributed by atoms with van der Waals surface area (Å²) in [5.74, 6) is 0. The van der Waals surface area contributed by atoms with Crippen molar-refractivity contribution in [2.24, 2.45) is 0 Å². The zero-order valence-electron chi connectivity index (χ0n) is 26.1. The van der Waals surface area contributed by atoms with E-state index in [0.29, 0.717) is 0 Å². The Labute approximate surface area is 270 Å². The van der Waals surface area contributed by atoms with Gasteiger partial charge in [0.2, 0.25) is 0 Å². The third kappa shape index (κ3) is 5.12. The fourth-order valence-electron chi connectivity index (χ4n) is 6.81. The molecule has 0 aliphatic carbocycles. The van der Waals surface area contributed by atoms with E-state index in [9.17, 15) is 0 Å². The molecule has 0 atom stereocenters. The SMILES string of the molecule is CCCCc1ccc2cc(-c3ccc(N(c4ccccc4)c4cccc(-n5c6ccccc6c6ccccc65)c4)cc3)ccc2c1. The first kappa shape index (κ1) is 27.9. The van der Waals surface area contributed by atoms with Crippen molar-refractivity contribution in [3.63, 3.8) is 0 Å². The van der Waals surface area contributed by atoms with Crippen molar-refractivity contribution < 1.29 is 0 Å². The van der Waals surface area contributed by atoms with Crippen molar-refractivity contribution in [1.82, 2.24) is 4.57 Å². The quantitative estimate of drug-likeness (QED) is 0.170. The van der Waals surface area contributed by atoms with Crippen LogP contribution in [0.1, 0.15) is 25.3 Å². The van der Waals surface area contributed by atoms with Crippen LogP contribution in [0.4, 0.5) is 17.1 Å². The van der Waals surface area contributed by atoms with Crippen molar-refractivity contribution in [2.45, 2.75) is 26.2 Å². The van der Waals surface area contributed by atoms with E-state index in [1.54, 1.807) is 0 Å². The second-order valence-corrected chi connectivity index (χ2v) is 12.1. The number of benzene rings is 7. The lowest BCUT2D eigenvalue weighted by Gasteiger charge is -2.26. The van der Waals surface area contributed by atoms with Crippen LogP contribution in [-0.2, 0) is 6.42 Å². The summed E-state index contributed by atoms with van der Waals surface area (Å²) in [6, 6.07) is 59.6. The van der Waals surface area contributed by atoms with Gasteiger partial charge in [-0.25, -0.2) is 0 Å². The molecule has 2 nitrogen and oxygen atoms in total. The van der Waals surface area contributed by atoms with Crippen LogP contribution in [-0.4, -0.2) is 4.57 Å². The van der Waals surface area contributed by atoms with Crippen molar-refractivity contribution in [3.05, 3.63) is 169 Å². The van der Waals surface area contributed by atoms with Crippen LogP contribution in [0, 0.1) is 0 Å². The fourth-order valence-corrected chi connectivity index (χ4v) is 6.81. The predicted molar refractivity (Wildman–Crippen MR) is 197 cm³/mol. The second-order valence-electron chi connectivity index (χ2n) is 12.1. The van der Waals surface area contributed by atoms with Gasteiger partial charge < -0.3 is 9.47 Å². The minimum absolute atomic E-state index is 1.11. The summed E-state index contributed by atoms with van der Waals surface area (Å²) in [6.45, 7) is 2.25. The lowest BCUT2D eigenvalue weighted by atomic mass is 9.98. The second kappa shape index (κ2) is 12.1. The van der Waals surface area contributed by atoms with E-state index in [1.807, 2.05) is 0 Å². The summed E-state index contributed by atoms with van der Waals surface area (Å²) < 4.78 is 2.38. The number of para-hydroxylation sites is 3. The van der Waals surface area contributed by atoms with Crippen LogP contribution < -0.4 is 4.90 Å². The Morgan fingerprint density at radius 2 is 1.09 bits per heavy atom. The van der Waals surface area contributed by atoms with E-state index < -0.39 is 0 Å². The maximum Gasteiger partial charge on any atom is 0.0541 e. The van der Waals surface area contributed by atoms with Gasteiger partial charge in [-0.2, -0.15) is 0 Å². The molecule has 0 radical (unpaired) electrons. The van der Waals surface area contributed by atoms with E-state index >= 15 is 0 Å². The molecule has 0 amide bonds. The standard InChI is InChI=1S/C44H36N2/c1-2-3-12-32-21-22-36-30-35(24-23-34(36)29-32)33-25-27-38(28-26-33)45(37-13-5-4-6-14-37)39-15-11-16-40(31-39)46-43-19-9-7-17-41(43)42-18-8-10-20-44(42)46/h4-11,13-31H,2-3,12H2,1H3. The molecule has 0 saturated carbocycles. The Morgan fingerprint density at radius 3 is 1.83 bits per heavy atom. The highest BCUT2D eigenvalue weighted by atomic mass is 15.1. The first-order valence-electron chi connectivity index (χ1n) is 16.3. The van der Waals surface area contributed by atoms with E-state index in [-0.39, 0.29) is 0 Å². The first-order chi connectivity index (χ1) is 22.8. The van der Waals surface area contributed by atoms with Crippen molar-refractivity contribution in [2.75, 3.05) is 4.90 Å². The molecule has 1 heterocycles. The molecule has 222 valence electrons. The molecule has 0 fully saturated rings. The number of aryl methyl sites for hydroxylation is 1. The minimum Gasteiger partial charge on any atom is -0.310 e.